The van der Waals surface area contributed by atoms with Crippen LogP contribution in [0.25, 0.3) is 43.4 Å². The normalized spacial score (nSPS) is 11.3. The Hall–Kier alpha value is -6.45. The van der Waals surface area contributed by atoms with Gasteiger partial charge in [0, 0.05) is 39.6 Å². The number of benzene rings is 8. The summed E-state index contributed by atoms with van der Waals surface area (Å²) in [6, 6.07) is 64.6. The minimum atomic E-state index is 0.871. The number of para-hydroxylation sites is 3. The molecule has 1 aromatic heterocycles. The quantitative estimate of drug-likeness (QED) is 0.167. The number of hydrogen-bond acceptors (Lipinski definition) is 3. The molecular formula is C45H31N3. The van der Waals surface area contributed by atoms with E-state index >= 15 is 0 Å². The van der Waals surface area contributed by atoms with Crippen molar-refractivity contribution in [2.75, 3.05) is 9.80 Å². The summed E-state index contributed by atoms with van der Waals surface area (Å²) in [6.45, 7) is 0. The lowest BCUT2D eigenvalue weighted by Gasteiger charge is -2.29. The molecule has 48 heavy (non-hydrogen) atoms. The van der Waals surface area contributed by atoms with Crippen molar-refractivity contribution in [3.63, 3.8) is 0 Å². The van der Waals surface area contributed by atoms with Gasteiger partial charge in [-0.15, -0.1) is 0 Å². The van der Waals surface area contributed by atoms with E-state index < -0.39 is 0 Å². The van der Waals surface area contributed by atoms with Gasteiger partial charge in [0.05, 0.1) is 11.4 Å². The van der Waals surface area contributed by atoms with Crippen LogP contribution in [0.1, 0.15) is 0 Å². The zero-order valence-corrected chi connectivity index (χ0v) is 26.2. The summed E-state index contributed by atoms with van der Waals surface area (Å²) in [6.07, 6.45) is 1.98. The third-order valence-electron chi connectivity index (χ3n) is 9.23. The van der Waals surface area contributed by atoms with Gasteiger partial charge in [-0.2, -0.15) is 0 Å². The fourth-order valence-electron chi connectivity index (χ4n) is 7.03. The fraction of sp³-hybridized carbons (Fsp3) is 0. The molecule has 0 atom stereocenters. The lowest BCUT2D eigenvalue weighted by Crippen LogP contribution is -2.12. The Morgan fingerprint density at radius 3 is 1.25 bits per heavy atom. The molecule has 3 heteroatoms. The molecule has 1 heterocycles. The molecule has 0 saturated carbocycles. The maximum absolute atomic E-state index is 5.04. The van der Waals surface area contributed by atoms with Gasteiger partial charge in [-0.1, -0.05) is 121 Å². The minimum Gasteiger partial charge on any atom is -0.310 e. The molecule has 0 N–H and O–H groups in total. The van der Waals surface area contributed by atoms with Gasteiger partial charge in [0.1, 0.15) is 5.82 Å². The van der Waals surface area contributed by atoms with E-state index in [9.17, 15) is 0 Å². The van der Waals surface area contributed by atoms with E-state index in [1.54, 1.807) is 0 Å². The fourth-order valence-corrected chi connectivity index (χ4v) is 7.03. The molecule has 0 saturated heterocycles. The van der Waals surface area contributed by atoms with Crippen LogP contribution in [0.3, 0.4) is 0 Å². The minimum absolute atomic E-state index is 0.871. The summed E-state index contributed by atoms with van der Waals surface area (Å²) < 4.78 is 0. The monoisotopic (exact) mass is 613 g/mol. The molecule has 0 unspecified atom stereocenters. The average molecular weight is 614 g/mol. The van der Waals surface area contributed by atoms with Crippen molar-refractivity contribution in [2.24, 2.45) is 0 Å². The Morgan fingerprint density at radius 2 is 0.771 bits per heavy atom. The molecule has 226 valence electrons. The highest BCUT2D eigenvalue weighted by Crippen LogP contribution is 2.47. The van der Waals surface area contributed by atoms with Crippen LogP contribution in [0.4, 0.5) is 34.3 Å². The summed E-state index contributed by atoms with van der Waals surface area (Å²) in [5, 5.41) is 7.37. The van der Waals surface area contributed by atoms with Crippen molar-refractivity contribution in [1.82, 2.24) is 4.98 Å². The first kappa shape index (κ1) is 27.8. The first-order valence-electron chi connectivity index (χ1n) is 16.3. The van der Waals surface area contributed by atoms with E-state index in [2.05, 4.69) is 186 Å². The van der Waals surface area contributed by atoms with Crippen molar-refractivity contribution in [2.45, 2.75) is 0 Å². The van der Waals surface area contributed by atoms with E-state index in [0.717, 1.165) is 45.4 Å². The smallest absolute Gasteiger partial charge is 0.137 e. The second-order valence-corrected chi connectivity index (χ2v) is 12.0. The molecule has 0 bridgehead atoms. The van der Waals surface area contributed by atoms with Gasteiger partial charge in [0.2, 0.25) is 0 Å². The van der Waals surface area contributed by atoms with Crippen LogP contribution in [-0.4, -0.2) is 4.98 Å². The summed E-state index contributed by atoms with van der Waals surface area (Å²) in [5.74, 6) is 0.871. The van der Waals surface area contributed by atoms with Gasteiger partial charge in [-0.25, -0.2) is 4.98 Å². The van der Waals surface area contributed by atoms with Crippen LogP contribution >= 0.6 is 0 Å². The molecule has 3 nitrogen and oxygen atoms in total. The highest BCUT2D eigenvalue weighted by molar-refractivity contribution is 6.28. The molecular weight excluding hydrogens is 583 g/mol. The number of nitrogens with zero attached hydrogens (tertiary/aromatic N) is 3. The molecule has 8 aromatic carbocycles. The van der Waals surface area contributed by atoms with E-state index in [1.165, 1.54) is 32.3 Å². The zero-order valence-electron chi connectivity index (χ0n) is 26.2. The van der Waals surface area contributed by atoms with Crippen LogP contribution in [-0.2, 0) is 0 Å². The summed E-state index contributed by atoms with van der Waals surface area (Å²) in [4.78, 5) is 9.68. The Labute approximate surface area is 279 Å². The molecule has 0 aliphatic carbocycles. The second kappa shape index (κ2) is 11.7. The van der Waals surface area contributed by atoms with Crippen molar-refractivity contribution in [3.8, 4) is 11.1 Å². The molecule has 0 aliphatic heterocycles. The molecule has 9 aromatic rings. The number of hydrogen-bond donors (Lipinski definition) is 0. The average Bonchev–Trinajstić information content (AvgIpc) is 3.17. The standard InChI is InChI=1S/C45H31N3/c1-5-13-32(14-6-1)35-25-30-43(46-31-35)48(38-19-11-4-12-20-38)42-29-24-34-21-26-39-41(28-23-33-22-27-40(42)45(34)44(33)39)47(36-15-7-2-8-16-36)37-17-9-3-10-18-37/h1-31H. The highest BCUT2D eigenvalue weighted by Gasteiger charge is 2.22. The Balaban J connectivity index is 1.27. The van der Waals surface area contributed by atoms with Crippen molar-refractivity contribution >= 4 is 66.6 Å². The van der Waals surface area contributed by atoms with Crippen LogP contribution in [0.2, 0.25) is 0 Å². The van der Waals surface area contributed by atoms with Gasteiger partial charge in [0.25, 0.3) is 0 Å². The van der Waals surface area contributed by atoms with E-state index in [-0.39, 0.29) is 0 Å². The van der Waals surface area contributed by atoms with Gasteiger partial charge in [-0.05, 0) is 87.8 Å². The molecule has 0 spiro atoms. The van der Waals surface area contributed by atoms with Gasteiger partial charge >= 0.3 is 0 Å². The Kier molecular flexibility index (Phi) is 6.80. The third kappa shape index (κ3) is 4.72. The van der Waals surface area contributed by atoms with Gasteiger partial charge in [0.15, 0.2) is 0 Å². The van der Waals surface area contributed by atoms with Crippen molar-refractivity contribution in [1.29, 1.82) is 0 Å². The topological polar surface area (TPSA) is 19.4 Å². The summed E-state index contributed by atoms with van der Waals surface area (Å²) >= 11 is 0. The summed E-state index contributed by atoms with van der Waals surface area (Å²) in [7, 11) is 0. The first-order valence-corrected chi connectivity index (χ1v) is 16.3. The zero-order chi connectivity index (χ0) is 31.9. The lowest BCUT2D eigenvalue weighted by atomic mass is 9.92. The molecule has 0 aliphatic rings. The van der Waals surface area contributed by atoms with Gasteiger partial charge < -0.3 is 4.90 Å². The van der Waals surface area contributed by atoms with Crippen LogP contribution in [0.5, 0.6) is 0 Å². The maximum Gasteiger partial charge on any atom is 0.137 e. The summed E-state index contributed by atoms with van der Waals surface area (Å²) in [5.41, 5.74) is 7.80. The van der Waals surface area contributed by atoms with Crippen LogP contribution in [0.15, 0.2) is 188 Å². The molecule has 0 radical (unpaired) electrons. The number of aromatic nitrogens is 1. The van der Waals surface area contributed by atoms with Crippen molar-refractivity contribution in [3.05, 3.63) is 188 Å². The van der Waals surface area contributed by atoms with Crippen LogP contribution < -0.4 is 9.80 Å². The van der Waals surface area contributed by atoms with Crippen molar-refractivity contribution < 1.29 is 0 Å². The third-order valence-corrected chi connectivity index (χ3v) is 9.23. The molecule has 9 rings (SSSR count). The molecule has 0 amide bonds. The van der Waals surface area contributed by atoms with E-state index in [4.69, 9.17) is 4.98 Å². The largest absolute Gasteiger partial charge is 0.310 e. The second-order valence-electron chi connectivity index (χ2n) is 12.0. The Morgan fingerprint density at radius 1 is 0.333 bits per heavy atom. The van der Waals surface area contributed by atoms with Crippen LogP contribution in [0, 0.1) is 0 Å². The number of pyridine rings is 1. The predicted octanol–water partition coefficient (Wildman–Crippen LogP) is 12.6. The first-order chi connectivity index (χ1) is 23.8. The van der Waals surface area contributed by atoms with E-state index in [1.807, 2.05) is 12.3 Å². The number of rotatable bonds is 7. The maximum atomic E-state index is 5.04. The van der Waals surface area contributed by atoms with Gasteiger partial charge in [-0.3, -0.25) is 4.90 Å². The predicted molar refractivity (Wildman–Crippen MR) is 203 cm³/mol. The lowest BCUT2D eigenvalue weighted by molar-refractivity contribution is 1.19. The Bertz CT molecular complexity index is 2440. The number of anilines is 6. The SMILES string of the molecule is c1ccc(-c2ccc(N(c3ccccc3)c3ccc4ccc5c(N(c6ccccc6)c6ccccc6)ccc6ccc3c4c65)nc2)cc1. The molecule has 0 fully saturated rings. The highest BCUT2D eigenvalue weighted by atomic mass is 15.2. The van der Waals surface area contributed by atoms with E-state index in [0.29, 0.717) is 0 Å².